The summed E-state index contributed by atoms with van der Waals surface area (Å²) in [6.07, 6.45) is 3.32. The number of aromatic nitrogens is 2. The van der Waals surface area contributed by atoms with Crippen LogP contribution in [-0.4, -0.2) is 22.1 Å². The monoisotopic (exact) mass is 219 g/mol. The van der Waals surface area contributed by atoms with Crippen molar-refractivity contribution in [1.82, 2.24) is 9.55 Å². The van der Waals surface area contributed by atoms with Crippen molar-refractivity contribution in [2.24, 2.45) is 12.8 Å². The normalized spacial score (nSPS) is 11.6. The first-order valence-corrected chi connectivity index (χ1v) is 4.06. The van der Waals surface area contributed by atoms with Crippen molar-refractivity contribution in [3.05, 3.63) is 18.2 Å². The second-order valence-electron chi connectivity index (χ2n) is 2.63. The molecule has 1 atom stereocenters. The number of esters is 1. The van der Waals surface area contributed by atoms with E-state index in [1.165, 1.54) is 0 Å². The van der Waals surface area contributed by atoms with Crippen LogP contribution in [0.1, 0.15) is 18.8 Å². The zero-order valence-electron chi connectivity index (χ0n) is 8.14. The number of hydrogen-bond acceptors (Lipinski definition) is 4. The summed E-state index contributed by atoms with van der Waals surface area (Å²) in [5, 5.41) is 0. The molecule has 0 radical (unpaired) electrons. The maximum absolute atomic E-state index is 11.2. The van der Waals surface area contributed by atoms with E-state index in [1.807, 2.05) is 0 Å². The highest BCUT2D eigenvalue weighted by molar-refractivity contribution is 5.85. The van der Waals surface area contributed by atoms with Gasteiger partial charge in [0.25, 0.3) is 0 Å². The van der Waals surface area contributed by atoms with Crippen LogP contribution in [0.5, 0.6) is 0 Å². The summed E-state index contributed by atoms with van der Waals surface area (Å²) in [6, 6.07) is -0.792. The minimum absolute atomic E-state index is 0. The summed E-state index contributed by atoms with van der Waals surface area (Å²) in [5.41, 5.74) is 5.61. The average molecular weight is 220 g/mol. The number of carbonyl (C=O) groups is 1. The van der Waals surface area contributed by atoms with Gasteiger partial charge in [0.2, 0.25) is 0 Å². The Morgan fingerprint density at radius 3 is 2.86 bits per heavy atom. The van der Waals surface area contributed by atoms with Gasteiger partial charge in [-0.3, -0.25) is 0 Å². The van der Waals surface area contributed by atoms with Crippen molar-refractivity contribution in [1.29, 1.82) is 0 Å². The van der Waals surface area contributed by atoms with Gasteiger partial charge in [-0.2, -0.15) is 0 Å². The molecule has 0 aromatic carbocycles. The van der Waals surface area contributed by atoms with E-state index in [2.05, 4.69) is 4.98 Å². The lowest BCUT2D eigenvalue weighted by Gasteiger charge is -2.09. The Balaban J connectivity index is 0.00000169. The fraction of sp³-hybridized carbons (Fsp3) is 0.500. The summed E-state index contributed by atoms with van der Waals surface area (Å²) >= 11 is 0. The summed E-state index contributed by atoms with van der Waals surface area (Å²) in [5.74, 6) is 0.0650. The molecule has 0 aliphatic carbocycles. The predicted molar refractivity (Wildman–Crippen MR) is 54.0 cm³/mol. The van der Waals surface area contributed by atoms with E-state index in [0.717, 1.165) is 0 Å². The molecule has 1 aromatic heterocycles. The fourth-order valence-corrected chi connectivity index (χ4v) is 1.01. The number of rotatable bonds is 3. The number of ether oxygens (including phenoxy) is 1. The Kier molecular flexibility index (Phi) is 5.19. The molecule has 1 unspecified atom stereocenters. The molecule has 80 valence electrons. The zero-order valence-corrected chi connectivity index (χ0v) is 8.95. The first-order chi connectivity index (χ1) is 6.16. The van der Waals surface area contributed by atoms with E-state index >= 15 is 0 Å². The minimum Gasteiger partial charge on any atom is -0.464 e. The molecule has 0 bridgehead atoms. The summed E-state index contributed by atoms with van der Waals surface area (Å²) in [7, 11) is 1.78. The topological polar surface area (TPSA) is 70.1 Å². The molecule has 1 aromatic rings. The Hall–Kier alpha value is -1.07. The van der Waals surface area contributed by atoms with E-state index < -0.39 is 12.0 Å². The quantitative estimate of drug-likeness (QED) is 0.748. The van der Waals surface area contributed by atoms with E-state index in [-0.39, 0.29) is 12.4 Å². The molecule has 0 spiro atoms. The Labute approximate surface area is 88.7 Å². The molecular weight excluding hydrogens is 206 g/mol. The van der Waals surface area contributed by atoms with E-state index in [0.29, 0.717) is 12.4 Å². The molecule has 1 rings (SSSR count). The third-order valence-electron chi connectivity index (χ3n) is 1.68. The Bertz CT molecular complexity index is 301. The first-order valence-electron chi connectivity index (χ1n) is 4.06. The SMILES string of the molecule is CCOC(=O)C(N)c1nccn1C.Cl. The van der Waals surface area contributed by atoms with Crippen LogP contribution in [0.4, 0.5) is 0 Å². The van der Waals surface area contributed by atoms with E-state index in [4.69, 9.17) is 10.5 Å². The Morgan fingerprint density at radius 1 is 1.79 bits per heavy atom. The predicted octanol–water partition coefficient (Wildman–Crippen LogP) is 0.405. The lowest BCUT2D eigenvalue weighted by Crippen LogP contribution is -2.26. The third kappa shape index (κ3) is 2.71. The lowest BCUT2D eigenvalue weighted by atomic mass is 10.3. The van der Waals surface area contributed by atoms with E-state index in [1.54, 1.807) is 30.9 Å². The maximum Gasteiger partial charge on any atom is 0.330 e. The largest absolute Gasteiger partial charge is 0.464 e. The van der Waals surface area contributed by atoms with Crippen molar-refractivity contribution in [2.75, 3.05) is 6.61 Å². The van der Waals surface area contributed by atoms with Gasteiger partial charge >= 0.3 is 5.97 Å². The molecule has 2 N–H and O–H groups in total. The number of hydrogen-bond donors (Lipinski definition) is 1. The second-order valence-corrected chi connectivity index (χ2v) is 2.63. The highest BCUT2D eigenvalue weighted by Gasteiger charge is 2.20. The molecule has 6 heteroatoms. The molecule has 0 fully saturated rings. The summed E-state index contributed by atoms with van der Waals surface area (Å²) < 4.78 is 6.46. The van der Waals surface area contributed by atoms with Gasteiger partial charge < -0.3 is 15.0 Å². The molecule has 0 aliphatic heterocycles. The van der Waals surface area contributed by atoms with Crippen LogP contribution in [-0.2, 0) is 16.6 Å². The molecular formula is C8H14ClN3O2. The standard InChI is InChI=1S/C8H13N3O2.ClH/c1-3-13-8(12)6(9)7-10-4-5-11(7)2;/h4-6H,3,9H2,1-2H3;1H. The highest BCUT2D eigenvalue weighted by atomic mass is 35.5. The number of imidazole rings is 1. The van der Waals surface area contributed by atoms with Crippen LogP contribution in [0.25, 0.3) is 0 Å². The highest BCUT2D eigenvalue weighted by Crippen LogP contribution is 2.07. The number of carbonyl (C=O) groups excluding carboxylic acids is 1. The summed E-state index contributed by atoms with van der Waals surface area (Å²) in [6.45, 7) is 2.07. The van der Waals surface area contributed by atoms with Crippen LogP contribution in [0, 0.1) is 0 Å². The smallest absolute Gasteiger partial charge is 0.330 e. The van der Waals surface area contributed by atoms with Crippen molar-refractivity contribution in [3.63, 3.8) is 0 Å². The lowest BCUT2D eigenvalue weighted by molar-refractivity contribution is -0.145. The van der Waals surface area contributed by atoms with Crippen LogP contribution in [0.15, 0.2) is 12.4 Å². The van der Waals surface area contributed by atoms with Gasteiger partial charge in [0.05, 0.1) is 6.61 Å². The van der Waals surface area contributed by atoms with Gasteiger partial charge in [0.1, 0.15) is 5.82 Å². The zero-order chi connectivity index (χ0) is 9.84. The average Bonchev–Trinajstić information content (AvgIpc) is 2.50. The second kappa shape index (κ2) is 5.62. The van der Waals surface area contributed by atoms with Crippen molar-refractivity contribution < 1.29 is 9.53 Å². The molecule has 0 saturated heterocycles. The van der Waals surface area contributed by atoms with Crippen LogP contribution >= 0.6 is 12.4 Å². The van der Waals surface area contributed by atoms with Crippen molar-refractivity contribution >= 4 is 18.4 Å². The van der Waals surface area contributed by atoms with Gasteiger partial charge in [-0.25, -0.2) is 9.78 Å². The first kappa shape index (κ1) is 12.9. The van der Waals surface area contributed by atoms with Crippen LogP contribution in [0.3, 0.4) is 0 Å². The molecule has 0 amide bonds. The fourth-order valence-electron chi connectivity index (χ4n) is 1.01. The van der Waals surface area contributed by atoms with Crippen molar-refractivity contribution in [3.8, 4) is 0 Å². The van der Waals surface area contributed by atoms with Gasteiger partial charge in [-0.1, -0.05) is 0 Å². The number of nitrogens with two attached hydrogens (primary N) is 1. The maximum atomic E-state index is 11.2. The van der Waals surface area contributed by atoms with Gasteiger partial charge in [0.15, 0.2) is 6.04 Å². The van der Waals surface area contributed by atoms with Crippen LogP contribution in [0.2, 0.25) is 0 Å². The number of aryl methyl sites for hydroxylation is 1. The molecule has 0 aliphatic rings. The van der Waals surface area contributed by atoms with Crippen LogP contribution < -0.4 is 5.73 Å². The molecule has 1 heterocycles. The van der Waals surface area contributed by atoms with Gasteiger partial charge in [-0.05, 0) is 6.92 Å². The third-order valence-corrected chi connectivity index (χ3v) is 1.68. The van der Waals surface area contributed by atoms with Gasteiger partial charge in [-0.15, -0.1) is 12.4 Å². The molecule has 0 saturated carbocycles. The Morgan fingerprint density at radius 2 is 2.43 bits per heavy atom. The molecule has 14 heavy (non-hydrogen) atoms. The number of nitrogens with zero attached hydrogens (tertiary/aromatic N) is 2. The number of halogens is 1. The van der Waals surface area contributed by atoms with Crippen molar-refractivity contribution in [2.45, 2.75) is 13.0 Å². The van der Waals surface area contributed by atoms with Gasteiger partial charge in [0, 0.05) is 19.4 Å². The molecule has 5 nitrogen and oxygen atoms in total. The van der Waals surface area contributed by atoms with E-state index in [9.17, 15) is 4.79 Å². The summed E-state index contributed by atoms with van der Waals surface area (Å²) in [4.78, 5) is 15.1. The minimum atomic E-state index is -0.792.